The van der Waals surface area contributed by atoms with Crippen LogP contribution in [0.3, 0.4) is 0 Å². The number of rotatable bonds is 9. The summed E-state index contributed by atoms with van der Waals surface area (Å²) in [6, 6.07) is 28.2. The van der Waals surface area contributed by atoms with Gasteiger partial charge in [0.2, 0.25) is 10.0 Å². The Balaban J connectivity index is 1.60. The van der Waals surface area contributed by atoms with E-state index >= 15 is 0 Å². The number of aryl methyl sites for hydroxylation is 1. The van der Waals surface area contributed by atoms with Gasteiger partial charge in [-0.1, -0.05) is 66.7 Å². The van der Waals surface area contributed by atoms with Crippen LogP contribution in [0.4, 0.5) is 11.5 Å². The number of aromatic nitrogens is 1. The topological polar surface area (TPSA) is 71.5 Å². The molecule has 0 unspecified atom stereocenters. The molecule has 0 spiro atoms. The van der Waals surface area contributed by atoms with Crippen molar-refractivity contribution in [3.8, 4) is 5.75 Å². The van der Waals surface area contributed by atoms with Crippen LogP contribution in [0, 0.1) is 6.92 Å². The number of ether oxygens (including phenoxy) is 1. The highest BCUT2D eigenvalue weighted by atomic mass is 32.2. The maximum Gasteiger partial charge on any atom is 0.245 e. The predicted octanol–water partition coefficient (Wildman–Crippen LogP) is 5.53. The highest BCUT2D eigenvalue weighted by Gasteiger charge is 2.25. The highest BCUT2D eigenvalue weighted by molar-refractivity contribution is 7.89. The van der Waals surface area contributed by atoms with Crippen LogP contribution in [0.2, 0.25) is 0 Å². The molecule has 0 aliphatic rings. The van der Waals surface area contributed by atoms with Crippen molar-refractivity contribution in [2.24, 2.45) is 0 Å². The molecule has 0 aliphatic carbocycles. The van der Waals surface area contributed by atoms with Gasteiger partial charge in [-0.15, -0.1) is 0 Å². The zero-order valence-corrected chi connectivity index (χ0v) is 20.0. The fraction of sp³-hybridized carbons (Fsp3) is 0.148. The molecule has 7 heteroatoms. The first kappa shape index (κ1) is 23.5. The summed E-state index contributed by atoms with van der Waals surface area (Å²) in [7, 11) is -2.18. The molecule has 0 saturated heterocycles. The average Bonchev–Trinajstić information content (AvgIpc) is 2.85. The Labute approximate surface area is 200 Å². The first-order valence-electron chi connectivity index (χ1n) is 10.9. The van der Waals surface area contributed by atoms with Gasteiger partial charge in [-0.05, 0) is 47.9 Å². The van der Waals surface area contributed by atoms with Gasteiger partial charge in [-0.25, -0.2) is 13.4 Å². The van der Waals surface area contributed by atoms with Gasteiger partial charge in [0.15, 0.2) is 0 Å². The second-order valence-corrected chi connectivity index (χ2v) is 9.89. The van der Waals surface area contributed by atoms with Crippen LogP contribution in [0.1, 0.15) is 16.7 Å². The van der Waals surface area contributed by atoms with Crippen LogP contribution in [-0.2, 0) is 23.1 Å². The monoisotopic (exact) mass is 473 g/mol. The third-order valence-corrected chi connectivity index (χ3v) is 7.17. The second kappa shape index (κ2) is 10.5. The van der Waals surface area contributed by atoms with Crippen molar-refractivity contribution in [2.75, 3.05) is 12.4 Å². The van der Waals surface area contributed by atoms with E-state index in [-0.39, 0.29) is 18.0 Å². The Morgan fingerprint density at radius 2 is 1.47 bits per heavy atom. The van der Waals surface area contributed by atoms with Gasteiger partial charge in [0.25, 0.3) is 0 Å². The third kappa shape index (κ3) is 5.62. The lowest BCUT2D eigenvalue weighted by Gasteiger charge is -2.22. The lowest BCUT2D eigenvalue weighted by Crippen LogP contribution is -2.30. The Kier molecular flexibility index (Phi) is 7.25. The first-order valence-corrected chi connectivity index (χ1v) is 12.4. The molecule has 0 fully saturated rings. The summed E-state index contributed by atoms with van der Waals surface area (Å²) < 4.78 is 34.1. The summed E-state index contributed by atoms with van der Waals surface area (Å²) in [6.45, 7) is 2.51. The van der Waals surface area contributed by atoms with Crippen LogP contribution in [-0.4, -0.2) is 24.8 Å². The van der Waals surface area contributed by atoms with Crippen LogP contribution in [0.5, 0.6) is 5.75 Å². The quantitative estimate of drug-likeness (QED) is 0.346. The predicted molar refractivity (Wildman–Crippen MR) is 135 cm³/mol. The first-order chi connectivity index (χ1) is 16.5. The molecule has 1 heterocycles. The normalized spacial score (nSPS) is 11.4. The molecule has 0 bridgehead atoms. The number of sulfonamides is 1. The van der Waals surface area contributed by atoms with Gasteiger partial charge in [0.1, 0.15) is 16.5 Å². The molecule has 4 aromatic rings. The van der Waals surface area contributed by atoms with E-state index in [2.05, 4.69) is 10.3 Å². The van der Waals surface area contributed by atoms with Gasteiger partial charge >= 0.3 is 0 Å². The molecule has 1 aromatic heterocycles. The number of anilines is 2. The molecule has 0 atom stereocenters. The largest absolute Gasteiger partial charge is 0.495 e. The molecule has 0 aliphatic heterocycles. The number of methoxy groups -OCH3 is 1. The van der Waals surface area contributed by atoms with Crippen molar-refractivity contribution in [2.45, 2.75) is 24.9 Å². The minimum Gasteiger partial charge on any atom is -0.495 e. The molecule has 3 aromatic carbocycles. The molecular formula is C27H27N3O3S. The Morgan fingerprint density at radius 1 is 0.853 bits per heavy atom. The van der Waals surface area contributed by atoms with Crippen LogP contribution in [0.25, 0.3) is 0 Å². The third-order valence-electron chi connectivity index (χ3n) is 5.40. The Bertz CT molecular complexity index is 1290. The SMILES string of the molecule is COc1ccc(C)cc1Nc1ccc(S(=O)(=O)N(Cc2ccccc2)Cc2ccccc2)cn1. The minimum atomic E-state index is -3.79. The second-order valence-electron chi connectivity index (χ2n) is 7.95. The van der Waals surface area contributed by atoms with E-state index < -0.39 is 10.0 Å². The number of pyridine rings is 1. The average molecular weight is 474 g/mol. The molecule has 174 valence electrons. The van der Waals surface area contributed by atoms with Crippen molar-refractivity contribution in [3.05, 3.63) is 114 Å². The fourth-order valence-electron chi connectivity index (χ4n) is 3.61. The molecule has 0 amide bonds. The standard InChI is InChI=1S/C27H27N3O3S/c1-21-13-15-26(33-2)25(17-21)29-27-16-14-24(18-28-27)34(31,32)30(19-22-9-5-3-6-10-22)20-23-11-7-4-8-12-23/h3-18H,19-20H2,1-2H3,(H,28,29). The number of nitrogens with one attached hydrogen (secondary N) is 1. The molecule has 0 radical (unpaired) electrons. The van der Waals surface area contributed by atoms with Crippen LogP contribution >= 0.6 is 0 Å². The van der Waals surface area contributed by atoms with E-state index in [1.807, 2.05) is 85.8 Å². The maximum absolute atomic E-state index is 13.6. The summed E-state index contributed by atoms with van der Waals surface area (Å²) in [5.41, 5.74) is 3.67. The van der Waals surface area contributed by atoms with Gasteiger partial charge in [0.05, 0.1) is 12.8 Å². The summed E-state index contributed by atoms with van der Waals surface area (Å²) in [4.78, 5) is 4.51. The highest BCUT2D eigenvalue weighted by Crippen LogP contribution is 2.28. The van der Waals surface area contributed by atoms with E-state index in [0.717, 1.165) is 22.4 Å². The zero-order valence-electron chi connectivity index (χ0n) is 19.2. The van der Waals surface area contributed by atoms with Crippen molar-refractivity contribution >= 4 is 21.5 Å². The van der Waals surface area contributed by atoms with Crippen LogP contribution in [0.15, 0.2) is 102 Å². The molecule has 1 N–H and O–H groups in total. The van der Waals surface area contributed by atoms with E-state index in [1.54, 1.807) is 19.2 Å². The van der Waals surface area contributed by atoms with E-state index in [1.165, 1.54) is 10.5 Å². The summed E-state index contributed by atoms with van der Waals surface area (Å²) in [5.74, 6) is 1.21. The molecule has 0 saturated carbocycles. The van der Waals surface area contributed by atoms with Crippen LogP contribution < -0.4 is 10.1 Å². The zero-order chi connectivity index (χ0) is 24.0. The molecular weight excluding hydrogens is 446 g/mol. The molecule has 6 nitrogen and oxygen atoms in total. The van der Waals surface area contributed by atoms with Crippen molar-refractivity contribution in [1.29, 1.82) is 0 Å². The Morgan fingerprint density at radius 3 is 2.00 bits per heavy atom. The summed E-state index contributed by atoms with van der Waals surface area (Å²) >= 11 is 0. The van der Waals surface area contributed by atoms with Crippen molar-refractivity contribution < 1.29 is 13.2 Å². The van der Waals surface area contributed by atoms with E-state index in [4.69, 9.17) is 4.74 Å². The fourth-order valence-corrected chi connectivity index (χ4v) is 4.98. The van der Waals surface area contributed by atoms with Gasteiger partial charge in [-0.2, -0.15) is 4.31 Å². The number of hydrogen-bond donors (Lipinski definition) is 1. The number of nitrogens with zero attached hydrogens (tertiary/aromatic N) is 2. The van der Waals surface area contributed by atoms with Gasteiger partial charge in [-0.3, -0.25) is 0 Å². The number of benzene rings is 3. The molecule has 34 heavy (non-hydrogen) atoms. The van der Waals surface area contributed by atoms with E-state index in [9.17, 15) is 8.42 Å². The van der Waals surface area contributed by atoms with Crippen molar-refractivity contribution in [1.82, 2.24) is 9.29 Å². The smallest absolute Gasteiger partial charge is 0.245 e. The van der Waals surface area contributed by atoms with Gasteiger partial charge < -0.3 is 10.1 Å². The summed E-state index contributed by atoms with van der Waals surface area (Å²) in [5, 5.41) is 3.21. The van der Waals surface area contributed by atoms with Crippen molar-refractivity contribution in [3.63, 3.8) is 0 Å². The van der Waals surface area contributed by atoms with Gasteiger partial charge in [0, 0.05) is 19.3 Å². The maximum atomic E-state index is 13.6. The minimum absolute atomic E-state index is 0.140. The lowest BCUT2D eigenvalue weighted by atomic mass is 10.2. The number of hydrogen-bond acceptors (Lipinski definition) is 5. The summed E-state index contributed by atoms with van der Waals surface area (Å²) in [6.07, 6.45) is 1.39. The molecule has 4 rings (SSSR count). The lowest BCUT2D eigenvalue weighted by molar-refractivity contribution is 0.401. The van der Waals surface area contributed by atoms with E-state index in [0.29, 0.717) is 11.6 Å². The Hall–Kier alpha value is -3.68.